The van der Waals surface area contributed by atoms with Crippen LogP contribution >= 0.6 is 15.9 Å². The molecular weight excluding hydrogens is 404 g/mol. The number of hydrogen-bond acceptors (Lipinski definition) is 7. The van der Waals surface area contributed by atoms with E-state index >= 15 is 0 Å². The molecule has 0 saturated heterocycles. The fourth-order valence-electron chi connectivity index (χ4n) is 2.10. The lowest BCUT2D eigenvalue weighted by Gasteiger charge is -2.05. The zero-order valence-electron chi connectivity index (χ0n) is 13.8. The van der Waals surface area contributed by atoms with Gasteiger partial charge in [-0.3, -0.25) is 0 Å². The Hall–Kier alpha value is -2.87. The molecule has 7 nitrogen and oxygen atoms in total. The Morgan fingerprint density at radius 1 is 1.27 bits per heavy atom. The van der Waals surface area contributed by atoms with Crippen molar-refractivity contribution in [2.24, 2.45) is 0 Å². The summed E-state index contributed by atoms with van der Waals surface area (Å²) in [7, 11) is 0. The summed E-state index contributed by atoms with van der Waals surface area (Å²) in [5.74, 6) is 1.20. The summed E-state index contributed by atoms with van der Waals surface area (Å²) in [5.41, 5.74) is 0.707. The number of para-hydroxylation sites is 1. The van der Waals surface area contributed by atoms with Crippen LogP contribution in [0, 0.1) is 0 Å². The molecule has 3 rings (SSSR count). The van der Waals surface area contributed by atoms with Gasteiger partial charge in [-0.05, 0) is 53.2 Å². The molecule has 0 fully saturated rings. The number of ether oxygens (including phenoxy) is 2. The van der Waals surface area contributed by atoms with Crippen molar-refractivity contribution < 1.29 is 23.2 Å². The Bertz CT molecular complexity index is 916. The summed E-state index contributed by atoms with van der Waals surface area (Å²) in [6.45, 7) is 2.29. The lowest BCUT2D eigenvalue weighted by Crippen LogP contribution is -2.01. The van der Waals surface area contributed by atoms with E-state index in [1.165, 1.54) is 12.2 Å². The summed E-state index contributed by atoms with van der Waals surface area (Å²) in [6, 6.07) is 10.8. The van der Waals surface area contributed by atoms with Gasteiger partial charge < -0.3 is 18.4 Å². The predicted octanol–water partition coefficient (Wildman–Crippen LogP) is 4.25. The molecule has 0 unspecified atom stereocenters. The Kier molecular flexibility index (Phi) is 5.85. The highest BCUT2D eigenvalue weighted by Gasteiger charge is 2.14. The maximum Gasteiger partial charge on any atom is 0.331 e. The van der Waals surface area contributed by atoms with E-state index in [2.05, 4.69) is 26.1 Å². The van der Waals surface area contributed by atoms with Gasteiger partial charge in [0, 0.05) is 6.08 Å². The number of rotatable bonds is 7. The molecule has 0 amide bonds. The van der Waals surface area contributed by atoms with Crippen LogP contribution in [0.15, 0.2) is 56.1 Å². The quantitative estimate of drug-likeness (QED) is 0.418. The van der Waals surface area contributed by atoms with Gasteiger partial charge in [-0.1, -0.05) is 17.3 Å². The van der Waals surface area contributed by atoms with E-state index in [-0.39, 0.29) is 12.5 Å². The molecule has 134 valence electrons. The van der Waals surface area contributed by atoms with Gasteiger partial charge in [0.25, 0.3) is 5.89 Å². The first-order chi connectivity index (χ1) is 12.7. The van der Waals surface area contributed by atoms with E-state index in [1.54, 1.807) is 12.1 Å². The molecule has 0 N–H and O–H groups in total. The van der Waals surface area contributed by atoms with Gasteiger partial charge in [-0.25, -0.2) is 4.79 Å². The second-order valence-electron chi connectivity index (χ2n) is 5.02. The van der Waals surface area contributed by atoms with Crippen LogP contribution in [0.5, 0.6) is 5.75 Å². The lowest BCUT2D eigenvalue weighted by atomic mass is 10.2. The molecule has 0 spiro atoms. The summed E-state index contributed by atoms with van der Waals surface area (Å²) in [4.78, 5) is 16.0. The number of furan rings is 1. The number of carbonyl (C=O) groups is 1. The van der Waals surface area contributed by atoms with Crippen LogP contribution in [0.1, 0.15) is 18.6 Å². The third-order valence-corrected chi connectivity index (χ3v) is 3.64. The van der Waals surface area contributed by atoms with E-state index < -0.39 is 5.97 Å². The van der Waals surface area contributed by atoms with E-state index in [4.69, 9.17) is 18.4 Å². The van der Waals surface area contributed by atoms with Crippen LogP contribution in [0.25, 0.3) is 17.5 Å². The average Bonchev–Trinajstić information content (AvgIpc) is 3.28. The van der Waals surface area contributed by atoms with Crippen molar-refractivity contribution in [1.29, 1.82) is 0 Å². The second-order valence-corrected chi connectivity index (χ2v) is 5.81. The largest absolute Gasteiger partial charge is 0.493 e. The highest BCUT2D eigenvalue weighted by atomic mass is 79.9. The van der Waals surface area contributed by atoms with Crippen LogP contribution in [0.2, 0.25) is 0 Å². The van der Waals surface area contributed by atoms with Crippen LogP contribution < -0.4 is 4.74 Å². The number of hydrogen-bond donors (Lipinski definition) is 0. The summed E-state index contributed by atoms with van der Waals surface area (Å²) >= 11 is 3.18. The molecule has 1 aromatic carbocycles. The van der Waals surface area contributed by atoms with Crippen molar-refractivity contribution in [3.05, 3.63) is 58.8 Å². The number of carbonyl (C=O) groups excluding carboxylic acids is 1. The molecule has 2 aromatic heterocycles. The van der Waals surface area contributed by atoms with Crippen molar-refractivity contribution in [3.8, 4) is 17.1 Å². The number of benzene rings is 1. The van der Waals surface area contributed by atoms with Gasteiger partial charge in [-0.2, -0.15) is 4.98 Å². The molecule has 26 heavy (non-hydrogen) atoms. The van der Waals surface area contributed by atoms with Gasteiger partial charge in [0.15, 0.2) is 11.3 Å². The van der Waals surface area contributed by atoms with Crippen LogP contribution in [0.4, 0.5) is 0 Å². The minimum Gasteiger partial charge on any atom is -0.493 e. The Morgan fingerprint density at radius 3 is 2.88 bits per heavy atom. The molecule has 0 atom stereocenters. The summed E-state index contributed by atoms with van der Waals surface area (Å²) in [5, 5.41) is 3.91. The average molecular weight is 419 g/mol. The molecule has 0 radical (unpaired) electrons. The van der Waals surface area contributed by atoms with E-state index in [0.717, 1.165) is 0 Å². The fraction of sp³-hybridized carbons (Fsp3) is 0.167. The third-order valence-electron chi connectivity index (χ3n) is 3.21. The van der Waals surface area contributed by atoms with Crippen LogP contribution in [0.3, 0.4) is 0 Å². The highest BCUT2D eigenvalue weighted by Crippen LogP contribution is 2.27. The first kappa shape index (κ1) is 17.9. The predicted molar refractivity (Wildman–Crippen MR) is 96.1 cm³/mol. The Morgan fingerprint density at radius 2 is 2.12 bits per heavy atom. The highest BCUT2D eigenvalue weighted by molar-refractivity contribution is 9.10. The summed E-state index contributed by atoms with van der Waals surface area (Å²) < 4.78 is 21.6. The third kappa shape index (κ3) is 4.60. The van der Waals surface area contributed by atoms with Crippen molar-refractivity contribution >= 4 is 28.0 Å². The maximum absolute atomic E-state index is 11.7. The zero-order chi connectivity index (χ0) is 18.4. The van der Waals surface area contributed by atoms with Gasteiger partial charge in [0.05, 0.1) is 12.2 Å². The smallest absolute Gasteiger partial charge is 0.331 e. The second kappa shape index (κ2) is 8.48. The van der Waals surface area contributed by atoms with Gasteiger partial charge in [0.2, 0.25) is 5.82 Å². The van der Waals surface area contributed by atoms with Crippen molar-refractivity contribution in [3.63, 3.8) is 0 Å². The van der Waals surface area contributed by atoms with Gasteiger partial charge in [0.1, 0.15) is 11.5 Å². The fourth-order valence-corrected chi connectivity index (χ4v) is 2.42. The zero-order valence-corrected chi connectivity index (χ0v) is 15.4. The molecule has 0 bridgehead atoms. The van der Waals surface area contributed by atoms with Crippen molar-refractivity contribution in [2.75, 3.05) is 6.61 Å². The minimum atomic E-state index is -0.549. The molecule has 0 aliphatic heterocycles. The van der Waals surface area contributed by atoms with Gasteiger partial charge >= 0.3 is 5.97 Å². The molecular formula is C18H15BrN2O5. The van der Waals surface area contributed by atoms with E-state index in [9.17, 15) is 4.79 Å². The Balaban J connectivity index is 1.60. The molecule has 2 heterocycles. The maximum atomic E-state index is 11.7. The molecule has 3 aromatic rings. The molecule has 0 aliphatic rings. The number of nitrogens with zero attached hydrogens (tertiary/aromatic N) is 2. The van der Waals surface area contributed by atoms with Crippen molar-refractivity contribution in [1.82, 2.24) is 10.1 Å². The standard InChI is InChI=1S/C18H15BrN2O5/c1-2-23-14-6-4-3-5-13(14)18-20-16(26-21-18)11-24-17(22)10-8-12-7-9-15(19)25-12/h3-10H,2,11H2,1H3/b10-8+. The SMILES string of the molecule is CCOc1ccccc1-c1noc(COC(=O)/C=C/c2ccc(Br)o2)n1. The number of halogens is 1. The number of aromatic nitrogens is 2. The monoisotopic (exact) mass is 418 g/mol. The van der Waals surface area contributed by atoms with Crippen LogP contribution in [-0.2, 0) is 16.1 Å². The normalized spacial score (nSPS) is 11.0. The van der Waals surface area contributed by atoms with Crippen LogP contribution in [-0.4, -0.2) is 22.7 Å². The van der Waals surface area contributed by atoms with E-state index in [0.29, 0.717) is 34.2 Å². The summed E-state index contributed by atoms with van der Waals surface area (Å²) in [6.07, 6.45) is 2.76. The number of esters is 1. The molecule has 0 aliphatic carbocycles. The lowest BCUT2D eigenvalue weighted by molar-refractivity contribution is -0.139. The van der Waals surface area contributed by atoms with E-state index in [1.807, 2.05) is 31.2 Å². The minimum absolute atomic E-state index is 0.130. The van der Waals surface area contributed by atoms with Crippen molar-refractivity contribution in [2.45, 2.75) is 13.5 Å². The molecule has 0 saturated carbocycles. The topological polar surface area (TPSA) is 87.6 Å². The Labute approximate surface area is 157 Å². The van der Waals surface area contributed by atoms with Gasteiger partial charge in [-0.15, -0.1) is 0 Å². The first-order valence-electron chi connectivity index (χ1n) is 7.80. The first-order valence-corrected chi connectivity index (χ1v) is 8.60. The molecule has 8 heteroatoms.